The topological polar surface area (TPSA) is 59.1 Å². The van der Waals surface area contributed by atoms with E-state index < -0.39 is 10.0 Å². The number of sulfonamides is 1. The molecule has 1 aliphatic rings. The molecule has 0 amide bonds. The van der Waals surface area contributed by atoms with E-state index >= 15 is 0 Å². The van der Waals surface area contributed by atoms with E-state index in [1.165, 1.54) is 34.6 Å². The molecule has 0 aromatic carbocycles. The summed E-state index contributed by atoms with van der Waals surface area (Å²) >= 11 is 2.85. The van der Waals surface area contributed by atoms with Crippen molar-refractivity contribution in [1.82, 2.24) is 9.71 Å². The third-order valence-electron chi connectivity index (χ3n) is 4.24. The standard InChI is InChI=1S/C17H22N2O2S3/c1-12-13(2)23-17(19-12)15-10-16(22-11-15)24(20,21)18-9-8-14-6-4-3-5-7-14/h6,10-11,18H,3-5,7-9H2,1-2H3. The summed E-state index contributed by atoms with van der Waals surface area (Å²) in [6, 6.07) is 1.73. The minimum Gasteiger partial charge on any atom is -0.241 e. The second-order valence-electron chi connectivity index (χ2n) is 6.07. The monoisotopic (exact) mass is 382 g/mol. The number of allylic oxidation sites excluding steroid dienone is 1. The second kappa shape index (κ2) is 7.47. The predicted octanol–water partition coefficient (Wildman–Crippen LogP) is 4.66. The number of thiophene rings is 1. The molecule has 0 saturated heterocycles. The van der Waals surface area contributed by atoms with Crippen LogP contribution in [-0.2, 0) is 10.0 Å². The van der Waals surface area contributed by atoms with Crippen molar-refractivity contribution in [3.63, 3.8) is 0 Å². The molecule has 2 aromatic heterocycles. The Morgan fingerprint density at radius 3 is 2.79 bits per heavy atom. The first-order valence-corrected chi connectivity index (χ1v) is 11.3. The molecule has 0 aliphatic heterocycles. The molecule has 24 heavy (non-hydrogen) atoms. The largest absolute Gasteiger partial charge is 0.250 e. The summed E-state index contributed by atoms with van der Waals surface area (Å²) in [6.07, 6.45) is 7.77. The van der Waals surface area contributed by atoms with Gasteiger partial charge < -0.3 is 0 Å². The fraction of sp³-hybridized carbons (Fsp3) is 0.471. The highest BCUT2D eigenvalue weighted by molar-refractivity contribution is 7.91. The van der Waals surface area contributed by atoms with Crippen LogP contribution in [0.2, 0.25) is 0 Å². The van der Waals surface area contributed by atoms with Crippen molar-refractivity contribution in [3.8, 4) is 10.6 Å². The van der Waals surface area contributed by atoms with Gasteiger partial charge >= 0.3 is 0 Å². The fourth-order valence-electron chi connectivity index (χ4n) is 2.71. The van der Waals surface area contributed by atoms with Gasteiger partial charge in [-0.3, -0.25) is 0 Å². The summed E-state index contributed by atoms with van der Waals surface area (Å²) in [4.78, 5) is 5.67. The van der Waals surface area contributed by atoms with Gasteiger partial charge in [0.05, 0.1) is 5.69 Å². The lowest BCUT2D eigenvalue weighted by Gasteiger charge is -2.12. The van der Waals surface area contributed by atoms with Crippen molar-refractivity contribution in [2.75, 3.05) is 6.54 Å². The number of hydrogen-bond donors (Lipinski definition) is 1. The molecule has 0 unspecified atom stereocenters. The van der Waals surface area contributed by atoms with Crippen LogP contribution in [0.4, 0.5) is 0 Å². The molecule has 0 saturated carbocycles. The zero-order valence-electron chi connectivity index (χ0n) is 14.0. The summed E-state index contributed by atoms with van der Waals surface area (Å²) in [5, 5.41) is 2.76. The van der Waals surface area contributed by atoms with Gasteiger partial charge in [0.1, 0.15) is 9.22 Å². The van der Waals surface area contributed by atoms with E-state index in [1.54, 1.807) is 17.4 Å². The highest BCUT2D eigenvalue weighted by Gasteiger charge is 2.18. The average molecular weight is 383 g/mol. The number of rotatable bonds is 6. The Labute approximate surface area is 151 Å². The predicted molar refractivity (Wildman–Crippen MR) is 101 cm³/mol. The zero-order valence-corrected chi connectivity index (χ0v) is 16.4. The van der Waals surface area contributed by atoms with Crippen molar-refractivity contribution in [1.29, 1.82) is 0 Å². The van der Waals surface area contributed by atoms with Crippen molar-refractivity contribution < 1.29 is 8.42 Å². The molecule has 4 nitrogen and oxygen atoms in total. The van der Waals surface area contributed by atoms with Crippen LogP contribution in [0.3, 0.4) is 0 Å². The minimum absolute atomic E-state index is 0.362. The van der Waals surface area contributed by atoms with Crippen LogP contribution < -0.4 is 4.72 Å². The maximum Gasteiger partial charge on any atom is 0.250 e. The Bertz CT molecular complexity index is 828. The number of aryl methyl sites for hydroxylation is 2. The summed E-state index contributed by atoms with van der Waals surface area (Å²) in [6.45, 7) is 4.47. The van der Waals surface area contributed by atoms with Gasteiger partial charge in [-0.1, -0.05) is 11.6 Å². The van der Waals surface area contributed by atoms with Gasteiger partial charge in [0.15, 0.2) is 0 Å². The number of aromatic nitrogens is 1. The molecule has 2 heterocycles. The van der Waals surface area contributed by atoms with E-state index in [9.17, 15) is 8.42 Å². The summed E-state index contributed by atoms with van der Waals surface area (Å²) < 4.78 is 28.0. The van der Waals surface area contributed by atoms with Crippen LogP contribution >= 0.6 is 22.7 Å². The molecule has 130 valence electrons. The third kappa shape index (κ3) is 4.14. The Morgan fingerprint density at radius 2 is 2.12 bits per heavy atom. The van der Waals surface area contributed by atoms with Gasteiger partial charge in [-0.05, 0) is 52.0 Å². The van der Waals surface area contributed by atoms with E-state index in [0.717, 1.165) is 35.5 Å². The van der Waals surface area contributed by atoms with E-state index in [2.05, 4.69) is 15.8 Å². The smallest absolute Gasteiger partial charge is 0.241 e. The molecule has 0 atom stereocenters. The molecule has 1 N–H and O–H groups in total. The minimum atomic E-state index is -3.43. The van der Waals surface area contributed by atoms with E-state index in [-0.39, 0.29) is 0 Å². The van der Waals surface area contributed by atoms with E-state index in [4.69, 9.17) is 0 Å². The number of hydrogen-bond acceptors (Lipinski definition) is 5. The van der Waals surface area contributed by atoms with Crippen LogP contribution in [-0.4, -0.2) is 19.9 Å². The Morgan fingerprint density at radius 1 is 1.29 bits per heavy atom. The highest BCUT2D eigenvalue weighted by Crippen LogP contribution is 2.32. The van der Waals surface area contributed by atoms with Crippen LogP contribution in [0.15, 0.2) is 27.3 Å². The summed E-state index contributed by atoms with van der Waals surface area (Å²) in [7, 11) is -3.43. The molecule has 0 bridgehead atoms. The molecule has 1 aliphatic carbocycles. The quantitative estimate of drug-likeness (QED) is 0.739. The first kappa shape index (κ1) is 17.8. The van der Waals surface area contributed by atoms with Gasteiger partial charge in [-0.2, -0.15) is 0 Å². The van der Waals surface area contributed by atoms with Gasteiger partial charge in [0.25, 0.3) is 0 Å². The molecular formula is C17H22N2O2S3. The van der Waals surface area contributed by atoms with Crippen LogP contribution in [0.5, 0.6) is 0 Å². The van der Waals surface area contributed by atoms with Gasteiger partial charge in [-0.25, -0.2) is 18.1 Å². The maximum absolute atomic E-state index is 12.5. The summed E-state index contributed by atoms with van der Waals surface area (Å²) in [5.41, 5.74) is 3.27. The van der Waals surface area contributed by atoms with Crippen LogP contribution in [0, 0.1) is 13.8 Å². The lowest BCUT2D eigenvalue weighted by molar-refractivity contribution is 0.581. The van der Waals surface area contributed by atoms with Gasteiger partial charge in [0, 0.05) is 22.4 Å². The van der Waals surface area contributed by atoms with Crippen LogP contribution in [0.25, 0.3) is 10.6 Å². The van der Waals surface area contributed by atoms with E-state index in [0.29, 0.717) is 10.8 Å². The van der Waals surface area contributed by atoms with Gasteiger partial charge in [0.2, 0.25) is 10.0 Å². The normalized spacial score (nSPS) is 15.5. The lowest BCUT2D eigenvalue weighted by atomic mass is 9.97. The average Bonchev–Trinajstić information content (AvgIpc) is 3.16. The molecule has 0 spiro atoms. The first-order valence-electron chi connectivity index (χ1n) is 8.16. The molecule has 0 radical (unpaired) electrons. The van der Waals surface area contributed by atoms with E-state index in [1.807, 2.05) is 19.2 Å². The zero-order chi connectivity index (χ0) is 17.2. The highest BCUT2D eigenvalue weighted by atomic mass is 32.2. The lowest BCUT2D eigenvalue weighted by Crippen LogP contribution is -2.24. The van der Waals surface area contributed by atoms with Crippen molar-refractivity contribution >= 4 is 32.7 Å². The number of nitrogens with one attached hydrogen (secondary N) is 1. The third-order valence-corrected chi connectivity index (χ3v) is 8.26. The Balaban J connectivity index is 1.65. The molecule has 2 aromatic rings. The maximum atomic E-state index is 12.5. The Hall–Kier alpha value is -1.02. The van der Waals surface area contributed by atoms with Crippen molar-refractivity contribution in [3.05, 3.63) is 33.7 Å². The van der Waals surface area contributed by atoms with Crippen molar-refractivity contribution in [2.45, 2.75) is 50.2 Å². The first-order chi connectivity index (χ1) is 11.5. The SMILES string of the molecule is Cc1nc(-c2csc(S(=O)(=O)NCCC3=CCCCC3)c2)sc1C. The van der Waals surface area contributed by atoms with Gasteiger partial charge in [-0.15, -0.1) is 22.7 Å². The molecular weight excluding hydrogens is 360 g/mol. The molecule has 7 heteroatoms. The van der Waals surface area contributed by atoms with Crippen LogP contribution in [0.1, 0.15) is 42.7 Å². The number of thiazole rings is 1. The molecule has 0 fully saturated rings. The number of nitrogens with zero attached hydrogens (tertiary/aromatic N) is 1. The summed E-state index contributed by atoms with van der Waals surface area (Å²) in [5.74, 6) is 0. The second-order valence-corrected chi connectivity index (χ2v) is 10.2. The fourth-order valence-corrected chi connectivity index (χ4v) is 5.93. The Kier molecular flexibility index (Phi) is 5.54. The molecule has 3 rings (SSSR count). The van der Waals surface area contributed by atoms with Crippen molar-refractivity contribution in [2.24, 2.45) is 0 Å².